The van der Waals surface area contributed by atoms with Crippen molar-refractivity contribution < 1.29 is 9.53 Å². The number of nitrogen functional groups attached to an aromatic ring is 1. The lowest BCUT2D eigenvalue weighted by Gasteiger charge is -2.08. The van der Waals surface area contributed by atoms with Gasteiger partial charge in [0, 0.05) is 0 Å². The Kier molecular flexibility index (Phi) is 3.97. The zero-order valence-electron chi connectivity index (χ0n) is 8.84. The van der Waals surface area contributed by atoms with Gasteiger partial charge in [0.1, 0.15) is 0 Å². The molecule has 0 bridgehead atoms. The highest BCUT2D eigenvalue weighted by atomic mass is 35.5. The number of halogens is 1. The molecule has 0 amide bonds. The highest BCUT2D eigenvalue weighted by Crippen LogP contribution is 2.25. The molecule has 0 aliphatic rings. The Balaban J connectivity index is 2.89. The maximum absolute atomic E-state index is 11.3. The Labute approximate surface area is 94.2 Å². The maximum atomic E-state index is 11.3. The molecule has 0 spiro atoms. The van der Waals surface area contributed by atoms with E-state index < -0.39 is 0 Å². The molecular formula is C11H14ClNO2. The summed E-state index contributed by atoms with van der Waals surface area (Å²) in [5, 5.41) is 0.439. The second-order valence-electron chi connectivity index (χ2n) is 3.31. The molecule has 0 radical (unpaired) electrons. The Morgan fingerprint density at radius 3 is 2.80 bits per heavy atom. The number of nitrogens with two attached hydrogens (primary N) is 1. The van der Waals surface area contributed by atoms with Crippen LogP contribution in [-0.2, 0) is 16.0 Å². The number of carbonyl (C=O) groups is 1. The van der Waals surface area contributed by atoms with E-state index in [1.165, 1.54) is 0 Å². The maximum Gasteiger partial charge on any atom is 0.310 e. The van der Waals surface area contributed by atoms with E-state index in [4.69, 9.17) is 22.1 Å². The predicted octanol–water partition coefficient (Wildman–Crippen LogP) is 2.34. The molecule has 15 heavy (non-hydrogen) atoms. The molecule has 1 aromatic carbocycles. The molecule has 1 aromatic rings. The molecule has 0 saturated heterocycles. The molecule has 82 valence electrons. The third-order valence-electron chi connectivity index (χ3n) is 1.96. The van der Waals surface area contributed by atoms with Gasteiger partial charge in [-0.05, 0) is 31.0 Å². The summed E-state index contributed by atoms with van der Waals surface area (Å²) in [6.07, 6.45) is 0.165. The molecule has 2 N–H and O–H groups in total. The van der Waals surface area contributed by atoms with Crippen molar-refractivity contribution in [1.29, 1.82) is 0 Å². The summed E-state index contributed by atoms with van der Waals surface area (Å²) in [5.41, 5.74) is 7.88. The molecule has 1 rings (SSSR count). The van der Waals surface area contributed by atoms with E-state index in [2.05, 4.69) is 0 Å². The van der Waals surface area contributed by atoms with Crippen molar-refractivity contribution in [3.05, 3.63) is 28.3 Å². The topological polar surface area (TPSA) is 52.3 Å². The minimum absolute atomic E-state index is 0.165. The van der Waals surface area contributed by atoms with Gasteiger partial charge in [-0.15, -0.1) is 0 Å². The zero-order chi connectivity index (χ0) is 11.4. The summed E-state index contributed by atoms with van der Waals surface area (Å²) >= 11 is 5.98. The summed E-state index contributed by atoms with van der Waals surface area (Å²) in [5.74, 6) is -0.288. The number of hydrogen-bond acceptors (Lipinski definition) is 3. The molecule has 0 aliphatic carbocycles. The second-order valence-corrected chi connectivity index (χ2v) is 3.69. The molecular weight excluding hydrogens is 214 g/mol. The zero-order valence-corrected chi connectivity index (χ0v) is 9.60. The van der Waals surface area contributed by atoms with E-state index in [0.717, 1.165) is 5.56 Å². The third kappa shape index (κ3) is 3.13. The lowest BCUT2D eigenvalue weighted by atomic mass is 10.1. The van der Waals surface area contributed by atoms with Crippen LogP contribution in [0.2, 0.25) is 5.02 Å². The number of ether oxygens (including phenoxy) is 1. The fourth-order valence-electron chi connectivity index (χ4n) is 1.37. The normalized spacial score (nSPS) is 10.1. The van der Waals surface area contributed by atoms with Gasteiger partial charge in [-0.1, -0.05) is 17.7 Å². The average Bonchev–Trinajstić information content (AvgIpc) is 2.13. The number of aryl methyl sites for hydroxylation is 1. The lowest BCUT2D eigenvalue weighted by molar-refractivity contribution is -0.142. The van der Waals surface area contributed by atoms with Gasteiger partial charge in [-0.2, -0.15) is 0 Å². The van der Waals surface area contributed by atoms with E-state index in [0.29, 0.717) is 22.9 Å². The van der Waals surface area contributed by atoms with Gasteiger partial charge in [0.25, 0.3) is 0 Å². The van der Waals surface area contributed by atoms with Crippen LogP contribution in [0.15, 0.2) is 12.1 Å². The number of benzene rings is 1. The Bertz CT molecular complexity index is 377. The Morgan fingerprint density at radius 1 is 1.53 bits per heavy atom. The second kappa shape index (κ2) is 5.03. The monoisotopic (exact) mass is 227 g/mol. The number of esters is 1. The molecule has 0 unspecified atom stereocenters. The number of carbonyl (C=O) groups excluding carboxylic acids is 1. The summed E-state index contributed by atoms with van der Waals surface area (Å²) in [6.45, 7) is 4.04. The van der Waals surface area contributed by atoms with E-state index in [1.54, 1.807) is 13.0 Å². The van der Waals surface area contributed by atoms with Gasteiger partial charge < -0.3 is 10.5 Å². The first-order valence-corrected chi connectivity index (χ1v) is 5.12. The summed E-state index contributed by atoms with van der Waals surface area (Å²) < 4.78 is 4.84. The van der Waals surface area contributed by atoms with Crippen LogP contribution in [-0.4, -0.2) is 12.6 Å². The molecule has 0 heterocycles. The minimum Gasteiger partial charge on any atom is -0.466 e. The highest BCUT2D eigenvalue weighted by Gasteiger charge is 2.10. The summed E-state index contributed by atoms with van der Waals surface area (Å²) in [6, 6.07) is 3.62. The molecule has 0 aliphatic heterocycles. The highest BCUT2D eigenvalue weighted by molar-refractivity contribution is 6.34. The van der Waals surface area contributed by atoms with Crippen molar-refractivity contribution in [2.45, 2.75) is 20.3 Å². The largest absolute Gasteiger partial charge is 0.466 e. The average molecular weight is 228 g/mol. The SMILES string of the molecule is CCOC(=O)Cc1cc(C)cc(N)c1Cl. The summed E-state index contributed by atoms with van der Waals surface area (Å²) in [7, 11) is 0. The number of rotatable bonds is 3. The fourth-order valence-corrected chi connectivity index (χ4v) is 1.55. The molecule has 0 saturated carbocycles. The van der Waals surface area contributed by atoms with Crippen molar-refractivity contribution in [3.8, 4) is 0 Å². The van der Waals surface area contributed by atoms with Crippen molar-refractivity contribution in [2.24, 2.45) is 0 Å². The van der Waals surface area contributed by atoms with E-state index in [9.17, 15) is 4.79 Å². The quantitative estimate of drug-likeness (QED) is 0.637. The van der Waals surface area contributed by atoms with Crippen molar-refractivity contribution in [3.63, 3.8) is 0 Å². The van der Waals surface area contributed by atoms with Crippen LogP contribution in [0.5, 0.6) is 0 Å². The molecule has 0 fully saturated rings. The number of anilines is 1. The van der Waals surface area contributed by atoms with Gasteiger partial charge in [0.2, 0.25) is 0 Å². The van der Waals surface area contributed by atoms with Gasteiger partial charge in [0.15, 0.2) is 0 Å². The van der Waals surface area contributed by atoms with Gasteiger partial charge in [-0.3, -0.25) is 4.79 Å². The van der Waals surface area contributed by atoms with Crippen LogP contribution < -0.4 is 5.73 Å². The van der Waals surface area contributed by atoms with Crippen LogP contribution in [0.1, 0.15) is 18.1 Å². The van der Waals surface area contributed by atoms with Crippen molar-refractivity contribution in [1.82, 2.24) is 0 Å². The van der Waals surface area contributed by atoms with Crippen LogP contribution >= 0.6 is 11.6 Å². The van der Waals surface area contributed by atoms with E-state index >= 15 is 0 Å². The van der Waals surface area contributed by atoms with Crippen molar-refractivity contribution >= 4 is 23.3 Å². The number of hydrogen-bond donors (Lipinski definition) is 1. The Hall–Kier alpha value is -1.22. The first-order chi connectivity index (χ1) is 7.04. The van der Waals surface area contributed by atoms with Gasteiger partial charge in [0.05, 0.1) is 23.7 Å². The van der Waals surface area contributed by atoms with Crippen LogP contribution in [0.4, 0.5) is 5.69 Å². The molecule has 0 atom stereocenters. The summed E-state index contributed by atoms with van der Waals surface area (Å²) in [4.78, 5) is 11.3. The minimum atomic E-state index is -0.288. The standard InChI is InChI=1S/C11H14ClNO2/c1-3-15-10(14)6-8-4-7(2)5-9(13)11(8)12/h4-5H,3,6,13H2,1-2H3. The smallest absolute Gasteiger partial charge is 0.310 e. The predicted molar refractivity (Wildman–Crippen MR) is 60.9 cm³/mol. The lowest BCUT2D eigenvalue weighted by Crippen LogP contribution is -2.08. The van der Waals surface area contributed by atoms with Gasteiger partial charge in [-0.25, -0.2) is 0 Å². The van der Waals surface area contributed by atoms with E-state index in [1.807, 2.05) is 13.0 Å². The van der Waals surface area contributed by atoms with Gasteiger partial charge >= 0.3 is 5.97 Å². The van der Waals surface area contributed by atoms with Crippen LogP contribution in [0.3, 0.4) is 0 Å². The molecule has 3 nitrogen and oxygen atoms in total. The van der Waals surface area contributed by atoms with Crippen molar-refractivity contribution in [2.75, 3.05) is 12.3 Å². The molecule has 0 aromatic heterocycles. The first-order valence-electron chi connectivity index (χ1n) is 4.74. The van der Waals surface area contributed by atoms with Crippen LogP contribution in [0, 0.1) is 6.92 Å². The fraction of sp³-hybridized carbons (Fsp3) is 0.364. The first kappa shape index (κ1) is 11.9. The third-order valence-corrected chi connectivity index (χ3v) is 2.42. The van der Waals surface area contributed by atoms with E-state index in [-0.39, 0.29) is 12.4 Å². The van der Waals surface area contributed by atoms with Crippen LogP contribution in [0.25, 0.3) is 0 Å². The molecule has 4 heteroatoms. The Morgan fingerprint density at radius 2 is 2.20 bits per heavy atom.